The molecule has 32 heavy (non-hydrogen) atoms. The molecule has 0 fully saturated rings. The summed E-state index contributed by atoms with van der Waals surface area (Å²) in [5, 5.41) is 14.9. The van der Waals surface area contributed by atoms with Crippen molar-refractivity contribution in [2.75, 3.05) is 12.5 Å². The van der Waals surface area contributed by atoms with Crippen LogP contribution in [0.25, 0.3) is 0 Å². The molecule has 0 bridgehead atoms. The largest absolute Gasteiger partial charge is 0.493 e. The van der Waals surface area contributed by atoms with Crippen LogP contribution in [0.2, 0.25) is 0 Å². The van der Waals surface area contributed by atoms with E-state index in [2.05, 4.69) is 38.0 Å². The molecule has 1 N–H and O–H groups in total. The zero-order chi connectivity index (χ0) is 22.9. The van der Waals surface area contributed by atoms with Crippen molar-refractivity contribution in [1.29, 1.82) is 0 Å². The fraction of sp³-hybridized carbons (Fsp3) is 0.130. The SMILES string of the molecule is C=CCc1cc(/C=N/Nc2ccc([N+](=O)[O-])cn2)cc(OC)c1OCc1ccc(Br)cc1. The van der Waals surface area contributed by atoms with E-state index in [9.17, 15) is 10.1 Å². The molecule has 2 aromatic carbocycles. The standard InChI is InChI=1S/C23H21BrN4O4/c1-3-4-18-11-17(13-26-27-22-10-9-20(14-25-22)28(29)30)12-21(31-2)23(18)32-15-16-5-7-19(24)8-6-16/h3,5-14H,1,4,15H2,2H3,(H,25,27)/b26-13+. The molecule has 8 nitrogen and oxygen atoms in total. The summed E-state index contributed by atoms with van der Waals surface area (Å²) in [5.41, 5.74) is 5.39. The molecule has 0 spiro atoms. The van der Waals surface area contributed by atoms with Gasteiger partial charge < -0.3 is 9.47 Å². The number of rotatable bonds is 10. The van der Waals surface area contributed by atoms with E-state index in [1.807, 2.05) is 36.4 Å². The van der Waals surface area contributed by atoms with Crippen molar-refractivity contribution < 1.29 is 14.4 Å². The van der Waals surface area contributed by atoms with Gasteiger partial charge in [-0.15, -0.1) is 6.58 Å². The molecular weight excluding hydrogens is 476 g/mol. The molecule has 0 atom stereocenters. The Kier molecular flexibility index (Phi) is 7.93. The second-order valence-electron chi connectivity index (χ2n) is 6.65. The zero-order valence-electron chi connectivity index (χ0n) is 17.3. The lowest BCUT2D eigenvalue weighted by Gasteiger charge is -2.16. The van der Waals surface area contributed by atoms with Gasteiger partial charge >= 0.3 is 0 Å². The number of hydrazone groups is 1. The van der Waals surface area contributed by atoms with E-state index < -0.39 is 4.92 Å². The van der Waals surface area contributed by atoms with Crippen LogP contribution in [0.5, 0.6) is 11.5 Å². The van der Waals surface area contributed by atoms with Crippen molar-refractivity contribution in [1.82, 2.24) is 4.98 Å². The van der Waals surface area contributed by atoms with Crippen LogP contribution in [-0.4, -0.2) is 23.2 Å². The number of anilines is 1. The Morgan fingerprint density at radius 3 is 2.66 bits per heavy atom. The number of nitrogens with zero attached hydrogens (tertiary/aromatic N) is 3. The second kappa shape index (κ2) is 11.1. The third-order valence-corrected chi connectivity index (χ3v) is 4.91. The van der Waals surface area contributed by atoms with Gasteiger partial charge in [0.05, 0.1) is 18.2 Å². The van der Waals surface area contributed by atoms with Crippen LogP contribution >= 0.6 is 15.9 Å². The Bertz CT molecular complexity index is 1120. The minimum absolute atomic E-state index is 0.0861. The summed E-state index contributed by atoms with van der Waals surface area (Å²) in [7, 11) is 1.58. The Morgan fingerprint density at radius 1 is 1.25 bits per heavy atom. The smallest absolute Gasteiger partial charge is 0.287 e. The number of aromatic nitrogens is 1. The van der Waals surface area contributed by atoms with E-state index >= 15 is 0 Å². The van der Waals surface area contributed by atoms with E-state index in [0.29, 0.717) is 30.3 Å². The maximum atomic E-state index is 10.7. The molecule has 3 rings (SSSR count). The van der Waals surface area contributed by atoms with Crippen molar-refractivity contribution in [3.63, 3.8) is 0 Å². The summed E-state index contributed by atoms with van der Waals surface area (Å²) in [6.45, 7) is 4.23. The molecule has 0 radical (unpaired) electrons. The number of halogens is 1. The fourth-order valence-electron chi connectivity index (χ4n) is 2.85. The third kappa shape index (κ3) is 6.14. The van der Waals surface area contributed by atoms with Crippen LogP contribution in [0.4, 0.5) is 11.5 Å². The lowest BCUT2D eigenvalue weighted by atomic mass is 10.1. The number of nitro groups is 1. The first-order valence-corrected chi connectivity index (χ1v) is 10.4. The molecule has 0 amide bonds. The van der Waals surface area contributed by atoms with Crippen molar-refractivity contribution in [2.45, 2.75) is 13.0 Å². The highest BCUT2D eigenvalue weighted by molar-refractivity contribution is 9.10. The molecule has 9 heteroatoms. The first kappa shape index (κ1) is 23.0. The Hall–Kier alpha value is -3.72. The summed E-state index contributed by atoms with van der Waals surface area (Å²) in [6.07, 6.45) is 5.16. The minimum Gasteiger partial charge on any atom is -0.493 e. The van der Waals surface area contributed by atoms with Gasteiger partial charge in [0.25, 0.3) is 5.69 Å². The highest BCUT2D eigenvalue weighted by Gasteiger charge is 2.13. The summed E-state index contributed by atoms with van der Waals surface area (Å²) >= 11 is 3.43. The van der Waals surface area contributed by atoms with Gasteiger partial charge in [-0.2, -0.15) is 5.10 Å². The van der Waals surface area contributed by atoms with Gasteiger partial charge in [0.2, 0.25) is 0 Å². The topological polar surface area (TPSA) is 98.9 Å². The second-order valence-corrected chi connectivity index (χ2v) is 7.56. The van der Waals surface area contributed by atoms with E-state index in [4.69, 9.17) is 9.47 Å². The molecule has 1 aromatic heterocycles. The average Bonchev–Trinajstić information content (AvgIpc) is 2.79. The molecule has 0 unspecified atom stereocenters. The molecule has 164 valence electrons. The van der Waals surface area contributed by atoms with Crippen molar-refractivity contribution in [3.05, 3.63) is 98.7 Å². The molecule has 0 aliphatic rings. The summed E-state index contributed by atoms with van der Waals surface area (Å²) in [6, 6.07) is 14.5. The number of hydrogen-bond acceptors (Lipinski definition) is 7. The molecule has 0 aliphatic carbocycles. The molecule has 1 heterocycles. The first-order valence-electron chi connectivity index (χ1n) is 9.58. The molecule has 0 aliphatic heterocycles. The fourth-order valence-corrected chi connectivity index (χ4v) is 3.11. The van der Waals surface area contributed by atoms with E-state index in [-0.39, 0.29) is 5.69 Å². The van der Waals surface area contributed by atoms with Gasteiger partial charge in [-0.25, -0.2) is 4.98 Å². The summed E-state index contributed by atoms with van der Waals surface area (Å²) in [4.78, 5) is 14.2. The van der Waals surface area contributed by atoms with Crippen LogP contribution in [0, 0.1) is 10.1 Å². The van der Waals surface area contributed by atoms with Crippen molar-refractivity contribution >= 4 is 33.6 Å². The van der Waals surface area contributed by atoms with Gasteiger partial charge in [0.1, 0.15) is 18.6 Å². The molecule has 3 aromatic rings. The van der Waals surface area contributed by atoms with Crippen LogP contribution in [-0.2, 0) is 13.0 Å². The van der Waals surface area contributed by atoms with Crippen LogP contribution in [0.15, 0.2) is 77.0 Å². The van der Waals surface area contributed by atoms with Gasteiger partial charge in [-0.05, 0) is 47.9 Å². The van der Waals surface area contributed by atoms with Crippen LogP contribution in [0.1, 0.15) is 16.7 Å². The number of pyridine rings is 1. The van der Waals surface area contributed by atoms with Gasteiger partial charge in [-0.3, -0.25) is 15.5 Å². The number of benzene rings is 2. The Balaban J connectivity index is 1.77. The summed E-state index contributed by atoms with van der Waals surface area (Å²) in [5.74, 6) is 1.62. The number of nitrogens with one attached hydrogen (secondary N) is 1. The van der Waals surface area contributed by atoms with E-state index in [1.165, 1.54) is 18.3 Å². The lowest BCUT2D eigenvalue weighted by Crippen LogP contribution is -2.03. The highest BCUT2D eigenvalue weighted by Crippen LogP contribution is 2.34. The monoisotopic (exact) mass is 496 g/mol. The lowest BCUT2D eigenvalue weighted by molar-refractivity contribution is -0.385. The molecular formula is C23H21BrN4O4. The van der Waals surface area contributed by atoms with Crippen LogP contribution in [0.3, 0.4) is 0 Å². The molecule has 0 saturated carbocycles. The number of methoxy groups -OCH3 is 1. The normalized spacial score (nSPS) is 10.7. The maximum absolute atomic E-state index is 10.7. The van der Waals surface area contributed by atoms with Crippen LogP contribution < -0.4 is 14.9 Å². The van der Waals surface area contributed by atoms with Crippen molar-refractivity contribution in [2.24, 2.45) is 5.10 Å². The predicted octanol–water partition coefficient (Wildman–Crippen LogP) is 5.51. The number of ether oxygens (including phenoxy) is 2. The van der Waals surface area contributed by atoms with Crippen molar-refractivity contribution in [3.8, 4) is 11.5 Å². The minimum atomic E-state index is -0.506. The van der Waals surface area contributed by atoms with Gasteiger partial charge in [0, 0.05) is 16.1 Å². The number of hydrogen-bond donors (Lipinski definition) is 1. The Labute approximate surface area is 193 Å². The molecule has 0 saturated heterocycles. The zero-order valence-corrected chi connectivity index (χ0v) is 18.9. The van der Waals surface area contributed by atoms with Gasteiger partial charge in [-0.1, -0.05) is 34.1 Å². The first-order chi connectivity index (χ1) is 15.5. The average molecular weight is 497 g/mol. The van der Waals surface area contributed by atoms with Gasteiger partial charge in [0.15, 0.2) is 11.5 Å². The summed E-state index contributed by atoms with van der Waals surface area (Å²) < 4.78 is 12.6. The van der Waals surface area contributed by atoms with E-state index in [1.54, 1.807) is 19.4 Å². The van der Waals surface area contributed by atoms with E-state index in [0.717, 1.165) is 21.2 Å². The predicted molar refractivity (Wildman–Crippen MR) is 127 cm³/mol. The highest BCUT2D eigenvalue weighted by atomic mass is 79.9. The maximum Gasteiger partial charge on any atom is 0.287 e. The number of allylic oxidation sites excluding steroid dienone is 1. The third-order valence-electron chi connectivity index (χ3n) is 4.39. The quantitative estimate of drug-likeness (QED) is 0.172. The Morgan fingerprint density at radius 2 is 2.03 bits per heavy atom.